The lowest BCUT2D eigenvalue weighted by Gasteiger charge is -2.07. The summed E-state index contributed by atoms with van der Waals surface area (Å²) in [7, 11) is 3.57. The minimum Gasteiger partial charge on any atom is -0.496 e. The van der Waals surface area contributed by atoms with Crippen molar-refractivity contribution in [3.63, 3.8) is 0 Å². The van der Waals surface area contributed by atoms with Crippen LogP contribution in [0.1, 0.15) is 10.4 Å². The van der Waals surface area contributed by atoms with Crippen molar-refractivity contribution in [2.45, 2.75) is 6.54 Å². The van der Waals surface area contributed by atoms with Crippen LogP contribution >= 0.6 is 11.3 Å². The first-order valence-electron chi connectivity index (χ1n) is 5.59. The van der Waals surface area contributed by atoms with Gasteiger partial charge < -0.3 is 10.1 Å². The molecule has 18 heavy (non-hydrogen) atoms. The number of nitrogens with zero attached hydrogens (tertiary/aromatic N) is 1. The molecule has 1 N–H and O–H groups in total. The van der Waals surface area contributed by atoms with Gasteiger partial charge >= 0.3 is 0 Å². The fraction of sp³-hybridized carbons (Fsp3) is 0.214. The first-order chi connectivity index (χ1) is 8.78. The second-order valence-electron chi connectivity index (χ2n) is 3.86. The highest BCUT2D eigenvalue weighted by Gasteiger charge is 2.09. The Labute approximate surface area is 111 Å². The predicted molar refractivity (Wildman–Crippen MR) is 73.8 cm³/mol. The van der Waals surface area contributed by atoms with Gasteiger partial charge in [-0.3, -0.25) is 0 Å². The van der Waals surface area contributed by atoms with E-state index in [4.69, 9.17) is 10.00 Å². The molecule has 92 valence electrons. The van der Waals surface area contributed by atoms with Gasteiger partial charge in [0.2, 0.25) is 0 Å². The molecule has 0 saturated carbocycles. The maximum atomic E-state index is 8.96. The number of benzene rings is 1. The van der Waals surface area contributed by atoms with Crippen molar-refractivity contribution < 1.29 is 4.74 Å². The van der Waals surface area contributed by atoms with Crippen LogP contribution in [-0.2, 0) is 6.54 Å². The largest absolute Gasteiger partial charge is 0.496 e. The lowest BCUT2D eigenvalue weighted by molar-refractivity contribution is 0.416. The third kappa shape index (κ3) is 2.53. The van der Waals surface area contributed by atoms with Crippen molar-refractivity contribution in [3.8, 4) is 22.9 Å². The zero-order valence-electron chi connectivity index (χ0n) is 10.4. The van der Waals surface area contributed by atoms with Crippen molar-refractivity contribution in [1.29, 1.82) is 5.26 Å². The molecule has 0 spiro atoms. The van der Waals surface area contributed by atoms with Gasteiger partial charge in [-0.05, 0) is 42.3 Å². The minimum atomic E-state index is 0.646. The van der Waals surface area contributed by atoms with Gasteiger partial charge in [0.1, 0.15) is 5.75 Å². The molecule has 3 nitrogen and oxygen atoms in total. The van der Waals surface area contributed by atoms with E-state index in [0.717, 1.165) is 23.4 Å². The molecule has 1 aromatic carbocycles. The van der Waals surface area contributed by atoms with Crippen LogP contribution in [0.15, 0.2) is 29.6 Å². The molecule has 2 rings (SSSR count). The van der Waals surface area contributed by atoms with Gasteiger partial charge in [-0.15, -0.1) is 11.3 Å². The van der Waals surface area contributed by atoms with Crippen LogP contribution in [0.3, 0.4) is 0 Å². The fourth-order valence-electron chi connectivity index (χ4n) is 1.79. The average molecular weight is 258 g/mol. The molecule has 0 atom stereocenters. The summed E-state index contributed by atoms with van der Waals surface area (Å²) in [5, 5.41) is 14.2. The minimum absolute atomic E-state index is 0.646. The van der Waals surface area contributed by atoms with Gasteiger partial charge in [-0.1, -0.05) is 0 Å². The predicted octanol–water partition coefficient (Wildman–Crippen LogP) is 3.01. The fourth-order valence-corrected chi connectivity index (χ4v) is 2.69. The molecule has 0 unspecified atom stereocenters. The molecule has 1 aromatic heterocycles. The number of nitriles is 1. The highest BCUT2D eigenvalue weighted by Crippen LogP contribution is 2.33. The van der Waals surface area contributed by atoms with Crippen LogP contribution in [0.25, 0.3) is 11.1 Å². The number of nitrogens with one attached hydrogen (secondary N) is 1. The second-order valence-corrected chi connectivity index (χ2v) is 4.85. The van der Waals surface area contributed by atoms with Crippen LogP contribution in [0.2, 0.25) is 0 Å². The van der Waals surface area contributed by atoms with Gasteiger partial charge in [0.05, 0.1) is 18.7 Å². The molecular weight excluding hydrogens is 244 g/mol. The summed E-state index contributed by atoms with van der Waals surface area (Å²) in [6.45, 7) is 0.852. The highest BCUT2D eigenvalue weighted by atomic mass is 32.1. The normalized spacial score (nSPS) is 10.1. The number of ether oxygens (including phenoxy) is 1. The van der Waals surface area contributed by atoms with Gasteiger partial charge in [-0.2, -0.15) is 5.26 Å². The molecule has 0 bridgehead atoms. The lowest BCUT2D eigenvalue weighted by atomic mass is 10.0. The number of hydrogen-bond acceptors (Lipinski definition) is 4. The first kappa shape index (κ1) is 12.6. The lowest BCUT2D eigenvalue weighted by Crippen LogP contribution is -2.02. The SMILES string of the molecule is CNCc1cc(-c2cc(C#N)ccc2OC)cs1. The van der Waals surface area contributed by atoms with Crippen molar-refractivity contribution in [1.82, 2.24) is 5.32 Å². The van der Waals surface area contributed by atoms with E-state index in [1.165, 1.54) is 4.88 Å². The van der Waals surface area contributed by atoms with E-state index in [2.05, 4.69) is 22.8 Å². The Hall–Kier alpha value is -1.83. The maximum absolute atomic E-state index is 8.96. The summed E-state index contributed by atoms with van der Waals surface area (Å²) in [4.78, 5) is 1.26. The highest BCUT2D eigenvalue weighted by molar-refractivity contribution is 7.10. The van der Waals surface area contributed by atoms with E-state index < -0.39 is 0 Å². The Morgan fingerprint density at radius 1 is 1.39 bits per heavy atom. The molecule has 1 heterocycles. The van der Waals surface area contributed by atoms with E-state index in [1.807, 2.05) is 19.2 Å². The van der Waals surface area contributed by atoms with Crippen LogP contribution < -0.4 is 10.1 Å². The number of hydrogen-bond donors (Lipinski definition) is 1. The Balaban J connectivity index is 2.44. The summed E-state index contributed by atoms with van der Waals surface area (Å²) < 4.78 is 5.35. The molecule has 0 fully saturated rings. The zero-order valence-corrected chi connectivity index (χ0v) is 11.2. The Morgan fingerprint density at radius 3 is 2.89 bits per heavy atom. The molecule has 2 aromatic rings. The van der Waals surface area contributed by atoms with E-state index >= 15 is 0 Å². The van der Waals surface area contributed by atoms with Crippen LogP contribution in [0, 0.1) is 11.3 Å². The molecule has 0 aliphatic rings. The summed E-state index contributed by atoms with van der Waals surface area (Å²) in [6.07, 6.45) is 0. The second kappa shape index (κ2) is 5.67. The number of methoxy groups -OCH3 is 1. The van der Waals surface area contributed by atoms with Gasteiger partial charge in [0.25, 0.3) is 0 Å². The van der Waals surface area contributed by atoms with E-state index in [9.17, 15) is 0 Å². The average Bonchev–Trinajstić information content (AvgIpc) is 2.87. The summed E-state index contributed by atoms with van der Waals surface area (Å²) in [6, 6.07) is 9.75. The van der Waals surface area contributed by atoms with Gasteiger partial charge in [0.15, 0.2) is 0 Å². The van der Waals surface area contributed by atoms with Crippen LogP contribution in [-0.4, -0.2) is 14.2 Å². The van der Waals surface area contributed by atoms with Gasteiger partial charge in [0, 0.05) is 17.0 Å². The van der Waals surface area contributed by atoms with Crippen molar-refractivity contribution >= 4 is 11.3 Å². The van der Waals surface area contributed by atoms with Crippen molar-refractivity contribution in [3.05, 3.63) is 40.1 Å². The van der Waals surface area contributed by atoms with E-state index in [-0.39, 0.29) is 0 Å². The number of rotatable bonds is 4. The molecule has 0 aliphatic carbocycles. The Bertz CT molecular complexity index is 584. The monoisotopic (exact) mass is 258 g/mol. The smallest absolute Gasteiger partial charge is 0.126 e. The standard InChI is InChI=1S/C14H14N2OS/c1-16-8-12-6-11(9-18-12)13-5-10(7-15)3-4-14(13)17-2/h3-6,9,16H,8H2,1-2H3. The Morgan fingerprint density at radius 2 is 2.22 bits per heavy atom. The van der Waals surface area contributed by atoms with Crippen LogP contribution in [0.4, 0.5) is 0 Å². The summed E-state index contributed by atoms with van der Waals surface area (Å²) in [5.41, 5.74) is 2.71. The first-order valence-corrected chi connectivity index (χ1v) is 6.47. The molecule has 0 radical (unpaired) electrons. The quantitative estimate of drug-likeness (QED) is 0.917. The van der Waals surface area contributed by atoms with Crippen molar-refractivity contribution in [2.24, 2.45) is 0 Å². The van der Waals surface area contributed by atoms with E-state index in [1.54, 1.807) is 24.5 Å². The molecule has 0 amide bonds. The summed E-state index contributed by atoms with van der Waals surface area (Å²) in [5.74, 6) is 0.794. The zero-order chi connectivity index (χ0) is 13.0. The third-order valence-corrected chi connectivity index (χ3v) is 3.58. The molecule has 4 heteroatoms. The Kier molecular flexibility index (Phi) is 3.98. The molecule has 0 saturated heterocycles. The molecule has 0 aliphatic heterocycles. The van der Waals surface area contributed by atoms with Gasteiger partial charge in [-0.25, -0.2) is 0 Å². The number of thiophene rings is 1. The molecular formula is C14H14N2OS. The third-order valence-electron chi connectivity index (χ3n) is 2.64. The van der Waals surface area contributed by atoms with Crippen LogP contribution in [0.5, 0.6) is 5.75 Å². The maximum Gasteiger partial charge on any atom is 0.126 e. The van der Waals surface area contributed by atoms with Crippen molar-refractivity contribution in [2.75, 3.05) is 14.2 Å². The topological polar surface area (TPSA) is 45.0 Å². The summed E-state index contributed by atoms with van der Waals surface area (Å²) >= 11 is 1.70. The van der Waals surface area contributed by atoms with E-state index in [0.29, 0.717) is 5.56 Å².